The zero-order valence-corrected chi connectivity index (χ0v) is 18.9. The van der Waals surface area contributed by atoms with E-state index in [-0.39, 0.29) is 16.9 Å². The molecule has 2 aromatic rings. The Labute approximate surface area is 187 Å². The van der Waals surface area contributed by atoms with Crippen LogP contribution in [0.4, 0.5) is 0 Å². The lowest BCUT2D eigenvalue weighted by molar-refractivity contribution is -0.182. The van der Waals surface area contributed by atoms with Gasteiger partial charge < -0.3 is 9.47 Å². The summed E-state index contributed by atoms with van der Waals surface area (Å²) >= 11 is 0. The van der Waals surface area contributed by atoms with Gasteiger partial charge in [-0.1, -0.05) is 69.8 Å². The summed E-state index contributed by atoms with van der Waals surface area (Å²) in [6.07, 6.45) is 0. The van der Waals surface area contributed by atoms with Crippen molar-refractivity contribution < 1.29 is 23.9 Å². The van der Waals surface area contributed by atoms with Gasteiger partial charge in [-0.05, 0) is 36.0 Å². The van der Waals surface area contributed by atoms with Gasteiger partial charge >= 0.3 is 17.9 Å². The van der Waals surface area contributed by atoms with Crippen molar-refractivity contribution in [3.05, 3.63) is 82.4 Å². The highest BCUT2D eigenvalue weighted by Crippen LogP contribution is 2.70. The maximum Gasteiger partial charge on any atom is 0.334 e. The Bertz CT molecular complexity index is 1230. The average molecular weight is 431 g/mol. The van der Waals surface area contributed by atoms with E-state index >= 15 is 0 Å². The number of hydrogen-bond acceptors (Lipinski definition) is 5. The molecule has 32 heavy (non-hydrogen) atoms. The quantitative estimate of drug-likeness (QED) is 0.398. The third-order valence-electron chi connectivity index (χ3n) is 7.46. The van der Waals surface area contributed by atoms with Gasteiger partial charge in [0.2, 0.25) is 0 Å². The molecule has 1 heterocycles. The number of carbonyl (C=O) groups is 3. The van der Waals surface area contributed by atoms with Gasteiger partial charge in [0.1, 0.15) is 5.41 Å². The molecule has 6 rings (SSSR count). The summed E-state index contributed by atoms with van der Waals surface area (Å²) in [6.45, 7) is 13.3. The van der Waals surface area contributed by atoms with E-state index in [1.807, 2.05) is 36.4 Å². The van der Waals surface area contributed by atoms with Gasteiger partial charge in [-0.3, -0.25) is 9.59 Å². The van der Waals surface area contributed by atoms with Crippen LogP contribution in [0.5, 0.6) is 0 Å². The molecule has 164 valence electrons. The Kier molecular flexibility index (Phi) is 4.00. The molecule has 1 saturated heterocycles. The molecule has 1 aliphatic heterocycles. The summed E-state index contributed by atoms with van der Waals surface area (Å²) in [5.41, 5.74) is 1.44. The standard InChI is InChI=1S/C27H26O5/c1-14(2)22(28)32-27-18-10-8-7-9-16(18)20(21-23(29)31-24(30)26(21,27)6)17-12-11-15(13-19(17)27)25(3,4)5/h7-13,20-21H,1H2,2-6H3. The van der Waals surface area contributed by atoms with Crippen LogP contribution in [0.25, 0.3) is 0 Å². The highest BCUT2D eigenvalue weighted by Gasteiger charge is 2.77. The lowest BCUT2D eigenvalue weighted by Crippen LogP contribution is -2.62. The molecule has 0 spiro atoms. The molecule has 0 N–H and O–H groups in total. The van der Waals surface area contributed by atoms with Crippen molar-refractivity contribution in [3.8, 4) is 0 Å². The van der Waals surface area contributed by atoms with Crippen molar-refractivity contribution in [1.29, 1.82) is 0 Å². The van der Waals surface area contributed by atoms with Crippen LogP contribution in [0.2, 0.25) is 0 Å². The third kappa shape index (κ3) is 2.26. The molecule has 4 unspecified atom stereocenters. The van der Waals surface area contributed by atoms with Crippen molar-refractivity contribution in [2.45, 2.75) is 51.6 Å². The van der Waals surface area contributed by atoms with E-state index in [1.165, 1.54) is 0 Å². The number of rotatable bonds is 2. The largest absolute Gasteiger partial charge is 0.445 e. The summed E-state index contributed by atoms with van der Waals surface area (Å²) < 4.78 is 11.5. The van der Waals surface area contributed by atoms with E-state index in [2.05, 4.69) is 33.4 Å². The second kappa shape index (κ2) is 6.18. The fraction of sp³-hybridized carbons (Fsp3) is 0.370. The van der Waals surface area contributed by atoms with Gasteiger partial charge in [0.05, 0.1) is 5.92 Å². The van der Waals surface area contributed by atoms with Crippen LogP contribution >= 0.6 is 0 Å². The number of benzene rings is 2. The lowest BCUT2D eigenvalue weighted by Gasteiger charge is -2.57. The molecule has 1 fully saturated rings. The number of ether oxygens (including phenoxy) is 2. The molecular formula is C27H26O5. The predicted octanol–water partition coefficient (Wildman–Crippen LogP) is 4.51. The lowest BCUT2D eigenvalue weighted by atomic mass is 9.45. The molecule has 0 saturated carbocycles. The van der Waals surface area contributed by atoms with Gasteiger partial charge in [-0.25, -0.2) is 4.79 Å². The van der Waals surface area contributed by atoms with Gasteiger partial charge in [0.25, 0.3) is 0 Å². The molecule has 4 atom stereocenters. The van der Waals surface area contributed by atoms with E-state index in [1.54, 1.807) is 13.8 Å². The Morgan fingerprint density at radius 3 is 2.38 bits per heavy atom. The second-order valence-electron chi connectivity index (χ2n) is 10.4. The fourth-order valence-corrected chi connectivity index (χ4v) is 5.82. The first-order valence-corrected chi connectivity index (χ1v) is 10.8. The zero-order chi connectivity index (χ0) is 23.2. The number of carbonyl (C=O) groups excluding carboxylic acids is 3. The maximum atomic E-state index is 13.3. The highest BCUT2D eigenvalue weighted by atomic mass is 16.6. The van der Waals surface area contributed by atoms with Crippen LogP contribution in [-0.2, 0) is 34.9 Å². The Morgan fingerprint density at radius 2 is 1.72 bits per heavy atom. The van der Waals surface area contributed by atoms with E-state index in [0.29, 0.717) is 0 Å². The first kappa shape index (κ1) is 20.7. The minimum absolute atomic E-state index is 0.170. The van der Waals surface area contributed by atoms with E-state index in [4.69, 9.17) is 9.47 Å². The number of esters is 3. The molecule has 2 aromatic carbocycles. The van der Waals surface area contributed by atoms with E-state index in [9.17, 15) is 14.4 Å². The van der Waals surface area contributed by atoms with E-state index < -0.39 is 34.8 Å². The van der Waals surface area contributed by atoms with Gasteiger partial charge in [0, 0.05) is 22.6 Å². The normalized spacial score (nSPS) is 29.7. The van der Waals surface area contributed by atoms with Crippen molar-refractivity contribution >= 4 is 17.9 Å². The molecule has 5 heteroatoms. The Hall–Kier alpha value is -3.21. The molecule has 4 aliphatic rings. The van der Waals surface area contributed by atoms with Gasteiger partial charge in [-0.2, -0.15) is 0 Å². The maximum absolute atomic E-state index is 13.3. The average Bonchev–Trinajstić information content (AvgIpc) is 2.97. The van der Waals surface area contributed by atoms with Crippen molar-refractivity contribution in [2.24, 2.45) is 11.3 Å². The van der Waals surface area contributed by atoms with E-state index in [0.717, 1.165) is 27.8 Å². The predicted molar refractivity (Wildman–Crippen MR) is 118 cm³/mol. The topological polar surface area (TPSA) is 69.7 Å². The van der Waals surface area contributed by atoms with Crippen molar-refractivity contribution in [1.82, 2.24) is 0 Å². The third-order valence-corrected chi connectivity index (χ3v) is 7.46. The summed E-state index contributed by atoms with van der Waals surface area (Å²) in [5, 5.41) is 0. The molecule has 0 amide bonds. The molecule has 0 radical (unpaired) electrons. The number of cyclic esters (lactones) is 2. The first-order valence-electron chi connectivity index (χ1n) is 10.8. The summed E-state index contributed by atoms with van der Waals surface area (Å²) in [7, 11) is 0. The second-order valence-corrected chi connectivity index (χ2v) is 10.4. The van der Waals surface area contributed by atoms with Crippen LogP contribution in [0.3, 0.4) is 0 Å². The smallest absolute Gasteiger partial charge is 0.334 e. The molecular weight excluding hydrogens is 404 g/mol. The summed E-state index contributed by atoms with van der Waals surface area (Å²) in [4.78, 5) is 39.4. The van der Waals surface area contributed by atoms with Crippen LogP contribution in [0, 0.1) is 11.3 Å². The SMILES string of the molecule is C=C(C)C(=O)OC12c3ccccc3C(c3ccc(C(C)(C)C)cc31)C1C(=O)OC(=O)C12C. The zero-order valence-electron chi connectivity index (χ0n) is 18.9. The van der Waals surface area contributed by atoms with Crippen LogP contribution in [-0.4, -0.2) is 17.9 Å². The van der Waals surface area contributed by atoms with Crippen molar-refractivity contribution in [3.63, 3.8) is 0 Å². The van der Waals surface area contributed by atoms with Crippen LogP contribution in [0.1, 0.15) is 68.4 Å². The van der Waals surface area contributed by atoms with Gasteiger partial charge in [-0.15, -0.1) is 0 Å². The Balaban J connectivity index is 1.94. The minimum atomic E-state index is -1.50. The van der Waals surface area contributed by atoms with Crippen LogP contribution in [0.15, 0.2) is 54.6 Å². The first-order chi connectivity index (χ1) is 14.9. The molecule has 2 bridgehead atoms. The Morgan fingerprint density at radius 1 is 1.06 bits per heavy atom. The molecule has 5 nitrogen and oxygen atoms in total. The summed E-state index contributed by atoms with van der Waals surface area (Å²) in [6, 6.07) is 13.7. The number of hydrogen-bond donors (Lipinski definition) is 0. The molecule has 0 aromatic heterocycles. The van der Waals surface area contributed by atoms with Gasteiger partial charge in [0.15, 0.2) is 5.60 Å². The minimum Gasteiger partial charge on any atom is -0.445 e. The van der Waals surface area contributed by atoms with Crippen LogP contribution < -0.4 is 0 Å². The fourth-order valence-electron chi connectivity index (χ4n) is 5.82. The highest BCUT2D eigenvalue weighted by molar-refractivity contribution is 6.03. The monoisotopic (exact) mass is 430 g/mol. The molecule has 3 aliphatic carbocycles. The van der Waals surface area contributed by atoms with Crippen molar-refractivity contribution in [2.75, 3.05) is 0 Å². The summed E-state index contributed by atoms with van der Waals surface area (Å²) in [5.74, 6) is -2.98.